The molecule has 2 aromatic carbocycles. The number of carbonyl (C=O) groups excluding carboxylic acids is 2. The third-order valence-corrected chi connectivity index (χ3v) is 6.48. The molecule has 6 heteroatoms. The highest BCUT2D eigenvalue weighted by Gasteiger charge is 2.40. The lowest BCUT2D eigenvalue weighted by atomic mass is 9.88. The molecule has 0 saturated heterocycles. The van der Waals surface area contributed by atoms with Gasteiger partial charge in [0.05, 0.1) is 11.4 Å². The summed E-state index contributed by atoms with van der Waals surface area (Å²) in [5.74, 6) is -0.603. The molecule has 1 atom stereocenters. The van der Waals surface area contributed by atoms with Gasteiger partial charge in [0.2, 0.25) is 0 Å². The molecule has 1 amide bonds. The average molecular weight is 418 g/mol. The lowest BCUT2D eigenvalue weighted by Crippen LogP contribution is -2.37. The molecular weight excluding hydrogens is 399 g/mol. The van der Waals surface area contributed by atoms with Gasteiger partial charge < -0.3 is 5.32 Å². The number of carbonyl (C=O) groups is 2. The third kappa shape index (κ3) is 3.13. The Hall–Kier alpha value is -3.25. The Morgan fingerprint density at radius 3 is 2.60 bits per heavy atom. The van der Waals surface area contributed by atoms with E-state index in [4.69, 9.17) is 0 Å². The van der Waals surface area contributed by atoms with Gasteiger partial charge >= 0.3 is 0 Å². The van der Waals surface area contributed by atoms with Crippen molar-refractivity contribution in [2.45, 2.75) is 25.3 Å². The Bertz CT molecular complexity index is 1150. The van der Waals surface area contributed by atoms with E-state index in [-0.39, 0.29) is 11.7 Å². The van der Waals surface area contributed by atoms with Crippen LogP contribution in [0.1, 0.15) is 40.5 Å². The fourth-order valence-corrected chi connectivity index (χ4v) is 5.03. The number of hydrogen-bond acceptors (Lipinski definition) is 4. The molecule has 150 valence electrons. The molecule has 3 aromatic rings. The second-order valence-electron chi connectivity index (χ2n) is 7.41. The topological polar surface area (TPSA) is 49.4 Å². The van der Waals surface area contributed by atoms with Crippen molar-refractivity contribution in [3.05, 3.63) is 93.6 Å². The average Bonchev–Trinajstić information content (AvgIpc) is 3.23. The van der Waals surface area contributed by atoms with Crippen LogP contribution < -0.4 is 10.2 Å². The van der Waals surface area contributed by atoms with Crippen LogP contribution in [-0.4, -0.2) is 11.7 Å². The predicted octanol–water partition coefficient (Wildman–Crippen LogP) is 5.71. The molecule has 1 aromatic heterocycles. The fraction of sp³-hybridized carbons (Fsp3) is 0.167. The molecule has 1 N–H and O–H groups in total. The van der Waals surface area contributed by atoms with Crippen molar-refractivity contribution in [1.82, 2.24) is 0 Å². The van der Waals surface area contributed by atoms with Crippen LogP contribution in [0.5, 0.6) is 0 Å². The van der Waals surface area contributed by atoms with E-state index < -0.39 is 11.9 Å². The summed E-state index contributed by atoms with van der Waals surface area (Å²) >= 11 is 1.52. The molecule has 0 bridgehead atoms. The molecule has 0 fully saturated rings. The summed E-state index contributed by atoms with van der Waals surface area (Å²) in [7, 11) is 0. The number of amides is 1. The van der Waals surface area contributed by atoms with Crippen LogP contribution in [0.15, 0.2) is 77.3 Å². The number of thiophene rings is 1. The van der Waals surface area contributed by atoms with Gasteiger partial charge in [-0.1, -0.05) is 18.2 Å². The van der Waals surface area contributed by atoms with E-state index in [9.17, 15) is 14.0 Å². The first-order chi connectivity index (χ1) is 14.6. The van der Waals surface area contributed by atoms with E-state index in [1.807, 2.05) is 41.8 Å². The minimum atomic E-state index is -0.526. The number of hydrogen-bond donors (Lipinski definition) is 1. The number of nitrogens with one attached hydrogen (secondary N) is 1. The lowest BCUT2D eigenvalue weighted by molar-refractivity contribution is -0.116. The highest BCUT2D eigenvalue weighted by Crippen LogP contribution is 2.46. The van der Waals surface area contributed by atoms with Crippen LogP contribution in [0.25, 0.3) is 0 Å². The Labute approximate surface area is 177 Å². The van der Waals surface area contributed by atoms with E-state index >= 15 is 0 Å². The van der Waals surface area contributed by atoms with E-state index in [1.165, 1.54) is 35.6 Å². The van der Waals surface area contributed by atoms with Crippen LogP contribution in [0.3, 0.4) is 0 Å². The van der Waals surface area contributed by atoms with Gasteiger partial charge in [0.1, 0.15) is 11.9 Å². The number of halogens is 1. The smallest absolute Gasteiger partial charge is 0.259 e. The minimum Gasteiger partial charge on any atom is -0.357 e. The molecule has 1 aliphatic heterocycles. The summed E-state index contributed by atoms with van der Waals surface area (Å²) in [6, 6.07) is 16.5. The molecule has 4 nitrogen and oxygen atoms in total. The van der Waals surface area contributed by atoms with Gasteiger partial charge in [-0.3, -0.25) is 14.5 Å². The molecule has 2 aliphatic rings. The van der Waals surface area contributed by atoms with Crippen molar-refractivity contribution in [2.75, 3.05) is 10.2 Å². The highest BCUT2D eigenvalue weighted by atomic mass is 32.1. The van der Waals surface area contributed by atoms with Gasteiger partial charge in [-0.05, 0) is 60.7 Å². The first kappa shape index (κ1) is 18.8. The Morgan fingerprint density at radius 1 is 1.03 bits per heavy atom. The summed E-state index contributed by atoms with van der Waals surface area (Å²) in [6.45, 7) is 0. The number of benzene rings is 2. The van der Waals surface area contributed by atoms with Crippen LogP contribution in [0.2, 0.25) is 0 Å². The molecule has 0 spiro atoms. The molecule has 30 heavy (non-hydrogen) atoms. The van der Waals surface area contributed by atoms with E-state index in [0.717, 1.165) is 29.1 Å². The second kappa shape index (κ2) is 7.54. The summed E-state index contributed by atoms with van der Waals surface area (Å²) in [6.07, 6.45) is 2.02. The first-order valence-corrected chi connectivity index (χ1v) is 10.8. The number of nitrogens with zero attached hydrogens (tertiary/aromatic N) is 1. The SMILES string of the molecule is O=C1CCCC2=C1C(c1cccs1)N(C(=O)c1ccc(F)cc1)c1ccccc1N2. The lowest BCUT2D eigenvalue weighted by Gasteiger charge is -2.33. The molecule has 0 radical (unpaired) electrons. The van der Waals surface area contributed by atoms with E-state index in [2.05, 4.69) is 5.32 Å². The molecule has 5 rings (SSSR count). The minimum absolute atomic E-state index is 0.0619. The monoisotopic (exact) mass is 418 g/mol. The van der Waals surface area contributed by atoms with Crippen molar-refractivity contribution >= 4 is 34.4 Å². The second-order valence-corrected chi connectivity index (χ2v) is 8.39. The normalized spacial score (nSPS) is 18.4. The maximum absolute atomic E-state index is 13.8. The zero-order valence-corrected chi connectivity index (χ0v) is 16.9. The number of ketones is 1. The standard InChI is InChI=1S/C24H19FN2O2S/c25-16-12-10-15(11-13-16)24(29)27-19-7-2-1-5-17(19)26-18-6-3-8-20(28)22(18)23(27)21-9-4-14-30-21/h1-2,4-5,7,9-14,23,26H,3,6,8H2. The van der Waals surface area contributed by atoms with Gasteiger partial charge in [0.25, 0.3) is 5.91 Å². The van der Waals surface area contributed by atoms with Crippen molar-refractivity contribution < 1.29 is 14.0 Å². The van der Waals surface area contributed by atoms with Gasteiger partial charge in [-0.15, -0.1) is 11.3 Å². The Balaban J connectivity index is 1.76. The van der Waals surface area contributed by atoms with Gasteiger partial charge in [-0.2, -0.15) is 0 Å². The number of fused-ring (bicyclic) bond motifs is 1. The molecule has 1 unspecified atom stereocenters. The van der Waals surface area contributed by atoms with Gasteiger partial charge in [-0.25, -0.2) is 4.39 Å². The number of rotatable bonds is 2. The first-order valence-electron chi connectivity index (χ1n) is 9.88. The van der Waals surface area contributed by atoms with Crippen molar-refractivity contribution in [3.8, 4) is 0 Å². The van der Waals surface area contributed by atoms with Crippen molar-refractivity contribution in [2.24, 2.45) is 0 Å². The summed E-state index contributed by atoms with van der Waals surface area (Å²) < 4.78 is 13.5. The predicted molar refractivity (Wildman–Crippen MR) is 116 cm³/mol. The largest absolute Gasteiger partial charge is 0.357 e. The molecule has 1 aliphatic carbocycles. The number of anilines is 2. The van der Waals surface area contributed by atoms with Crippen LogP contribution in [0, 0.1) is 5.82 Å². The third-order valence-electron chi connectivity index (χ3n) is 5.56. The number of allylic oxidation sites excluding steroid dienone is 1. The highest BCUT2D eigenvalue weighted by molar-refractivity contribution is 7.10. The van der Waals surface area contributed by atoms with Gasteiger partial charge in [0.15, 0.2) is 5.78 Å². The molecule has 0 saturated carbocycles. The maximum Gasteiger partial charge on any atom is 0.259 e. The summed E-state index contributed by atoms with van der Waals surface area (Å²) in [5.41, 5.74) is 3.39. The van der Waals surface area contributed by atoms with E-state index in [0.29, 0.717) is 23.2 Å². The Kier molecular flexibility index (Phi) is 4.71. The Morgan fingerprint density at radius 2 is 1.83 bits per heavy atom. The summed E-state index contributed by atoms with van der Waals surface area (Å²) in [4.78, 5) is 29.5. The fourth-order valence-electron chi connectivity index (χ4n) is 4.21. The quantitative estimate of drug-likeness (QED) is 0.580. The summed E-state index contributed by atoms with van der Waals surface area (Å²) in [5, 5.41) is 5.39. The van der Waals surface area contributed by atoms with Crippen molar-refractivity contribution in [3.63, 3.8) is 0 Å². The van der Waals surface area contributed by atoms with Crippen molar-refractivity contribution in [1.29, 1.82) is 0 Å². The maximum atomic E-state index is 13.8. The molecular formula is C24H19FN2O2S. The zero-order valence-electron chi connectivity index (χ0n) is 16.1. The van der Waals surface area contributed by atoms with Crippen LogP contribution in [-0.2, 0) is 4.79 Å². The molecule has 2 heterocycles. The van der Waals surface area contributed by atoms with E-state index in [1.54, 1.807) is 4.90 Å². The van der Waals surface area contributed by atoms with Crippen LogP contribution in [0.4, 0.5) is 15.8 Å². The number of Topliss-reactive ketones (excluding diaryl/α,β-unsaturated/α-hetero) is 1. The number of para-hydroxylation sites is 2. The van der Waals surface area contributed by atoms with Gasteiger partial charge in [0, 0.05) is 28.1 Å². The zero-order chi connectivity index (χ0) is 20.7. The van der Waals surface area contributed by atoms with Crippen LogP contribution >= 0.6 is 11.3 Å².